The van der Waals surface area contributed by atoms with E-state index in [-0.39, 0.29) is 11.5 Å². The van der Waals surface area contributed by atoms with Crippen LogP contribution >= 0.6 is 0 Å². The highest BCUT2D eigenvalue weighted by molar-refractivity contribution is 6.04. The van der Waals surface area contributed by atoms with Gasteiger partial charge in [0.25, 0.3) is 0 Å². The highest BCUT2D eigenvalue weighted by atomic mass is 16.5. The highest BCUT2D eigenvalue weighted by Crippen LogP contribution is 2.47. The Bertz CT molecular complexity index is 642. The fourth-order valence-electron chi connectivity index (χ4n) is 3.26. The number of methoxy groups -OCH3 is 1. The van der Waals surface area contributed by atoms with E-state index < -0.39 is 11.2 Å². The van der Waals surface area contributed by atoms with Crippen LogP contribution in [0.2, 0.25) is 0 Å². The first-order valence-electron chi connectivity index (χ1n) is 6.61. The van der Waals surface area contributed by atoms with Gasteiger partial charge in [-0.3, -0.25) is 4.79 Å². The van der Waals surface area contributed by atoms with Crippen molar-refractivity contribution in [2.45, 2.75) is 24.7 Å². The quantitative estimate of drug-likeness (QED) is 0.824. The number of phenolic OH excluding ortho intramolecular Hbond substituents is 1. The Kier molecular flexibility index (Phi) is 2.82. The van der Waals surface area contributed by atoms with Crippen LogP contribution in [0.3, 0.4) is 0 Å². The summed E-state index contributed by atoms with van der Waals surface area (Å²) in [5, 5.41) is 19.5. The number of carbonyl (C=O) groups excluding carboxylic acids is 1. The molecular formula is C16H16O4. The third-order valence-electron chi connectivity index (χ3n) is 4.14. The van der Waals surface area contributed by atoms with Gasteiger partial charge in [-0.25, -0.2) is 0 Å². The molecule has 0 heterocycles. The molecule has 1 unspecified atom stereocenters. The minimum Gasteiger partial charge on any atom is -0.508 e. The smallest absolute Gasteiger partial charge is 0.223 e. The van der Waals surface area contributed by atoms with Gasteiger partial charge in [-0.1, -0.05) is 6.07 Å². The minimum absolute atomic E-state index is 0.226. The van der Waals surface area contributed by atoms with Crippen LogP contribution in [0.25, 0.3) is 0 Å². The minimum atomic E-state index is -0.603. The molecule has 0 saturated carbocycles. The summed E-state index contributed by atoms with van der Waals surface area (Å²) in [4.78, 5) is 11.6. The third kappa shape index (κ3) is 1.72. The Hall–Kier alpha value is -2.23. The largest absolute Gasteiger partial charge is 0.508 e. The van der Waals surface area contributed by atoms with Gasteiger partial charge in [0.05, 0.1) is 12.5 Å². The predicted octanol–water partition coefficient (Wildman–Crippen LogP) is 2.52. The second-order valence-electron chi connectivity index (χ2n) is 5.27. The average molecular weight is 272 g/mol. The predicted molar refractivity (Wildman–Crippen MR) is 73.5 cm³/mol. The Morgan fingerprint density at radius 3 is 2.85 bits per heavy atom. The van der Waals surface area contributed by atoms with Crippen molar-refractivity contribution < 1.29 is 19.7 Å². The van der Waals surface area contributed by atoms with Crippen LogP contribution in [-0.2, 0) is 21.4 Å². The van der Waals surface area contributed by atoms with Crippen molar-refractivity contribution >= 4 is 5.78 Å². The zero-order chi connectivity index (χ0) is 14.3. The van der Waals surface area contributed by atoms with E-state index in [0.29, 0.717) is 5.76 Å². The average Bonchev–Trinajstić information content (AvgIpc) is 2.43. The lowest BCUT2D eigenvalue weighted by Crippen LogP contribution is -2.35. The van der Waals surface area contributed by atoms with Gasteiger partial charge in [0.2, 0.25) is 5.78 Å². The Morgan fingerprint density at radius 2 is 2.10 bits per heavy atom. The van der Waals surface area contributed by atoms with Crippen molar-refractivity contribution in [2.24, 2.45) is 0 Å². The van der Waals surface area contributed by atoms with E-state index in [0.717, 1.165) is 30.4 Å². The first kappa shape index (κ1) is 12.8. The zero-order valence-corrected chi connectivity index (χ0v) is 11.2. The van der Waals surface area contributed by atoms with E-state index in [9.17, 15) is 15.0 Å². The third-order valence-corrected chi connectivity index (χ3v) is 4.14. The molecule has 1 spiro atoms. The molecule has 0 radical (unpaired) electrons. The molecule has 3 rings (SSSR count). The van der Waals surface area contributed by atoms with Crippen LogP contribution in [-0.4, -0.2) is 23.1 Å². The van der Waals surface area contributed by atoms with E-state index in [1.807, 2.05) is 6.07 Å². The van der Waals surface area contributed by atoms with E-state index in [4.69, 9.17) is 4.74 Å². The highest BCUT2D eigenvalue weighted by Gasteiger charge is 2.43. The van der Waals surface area contributed by atoms with Crippen LogP contribution in [0.4, 0.5) is 0 Å². The number of benzene rings is 1. The van der Waals surface area contributed by atoms with Crippen molar-refractivity contribution in [3.05, 3.63) is 53.0 Å². The number of hydrogen-bond donors (Lipinski definition) is 2. The molecule has 0 aromatic heterocycles. The van der Waals surface area contributed by atoms with Gasteiger partial charge in [-0.05, 0) is 48.6 Å². The summed E-state index contributed by atoms with van der Waals surface area (Å²) in [6, 6.07) is 5.21. The van der Waals surface area contributed by atoms with E-state index >= 15 is 0 Å². The molecule has 2 N–H and O–H groups in total. The summed E-state index contributed by atoms with van der Waals surface area (Å²) < 4.78 is 5.41. The lowest BCUT2D eigenvalue weighted by Gasteiger charge is -2.39. The number of aliphatic hydroxyl groups is 1. The first-order valence-corrected chi connectivity index (χ1v) is 6.61. The maximum Gasteiger partial charge on any atom is 0.223 e. The number of carbonyl (C=O) groups is 1. The van der Waals surface area contributed by atoms with Gasteiger partial charge < -0.3 is 14.9 Å². The van der Waals surface area contributed by atoms with Crippen molar-refractivity contribution in [3.8, 4) is 5.75 Å². The summed E-state index contributed by atoms with van der Waals surface area (Å²) in [5.41, 5.74) is 1.40. The molecule has 0 fully saturated rings. The van der Waals surface area contributed by atoms with Crippen LogP contribution < -0.4 is 0 Å². The Balaban J connectivity index is 2.23. The van der Waals surface area contributed by atoms with Gasteiger partial charge in [0, 0.05) is 6.08 Å². The van der Waals surface area contributed by atoms with Gasteiger partial charge in [-0.2, -0.15) is 0 Å². The molecule has 1 aromatic carbocycles. The molecule has 1 aromatic rings. The van der Waals surface area contributed by atoms with Crippen molar-refractivity contribution in [1.29, 1.82) is 0 Å². The van der Waals surface area contributed by atoms with Crippen LogP contribution in [0, 0.1) is 0 Å². The Labute approximate surface area is 117 Å². The van der Waals surface area contributed by atoms with E-state index in [1.54, 1.807) is 18.2 Å². The molecule has 2 aliphatic carbocycles. The topological polar surface area (TPSA) is 66.8 Å². The maximum absolute atomic E-state index is 11.6. The number of aliphatic hydroxyl groups excluding tert-OH is 1. The van der Waals surface area contributed by atoms with Crippen LogP contribution in [0.15, 0.2) is 41.9 Å². The van der Waals surface area contributed by atoms with Crippen molar-refractivity contribution in [2.75, 3.05) is 7.11 Å². The summed E-state index contributed by atoms with van der Waals surface area (Å²) in [6.07, 6.45) is 5.47. The molecule has 4 nitrogen and oxygen atoms in total. The summed E-state index contributed by atoms with van der Waals surface area (Å²) >= 11 is 0. The van der Waals surface area contributed by atoms with Crippen LogP contribution in [0.5, 0.6) is 5.75 Å². The molecule has 4 heteroatoms. The summed E-state index contributed by atoms with van der Waals surface area (Å²) in [5.74, 6) is 0.0980. The second kappa shape index (κ2) is 4.40. The number of ketones is 1. The molecule has 1 atom stereocenters. The Morgan fingerprint density at radius 1 is 1.30 bits per heavy atom. The van der Waals surface area contributed by atoms with Crippen molar-refractivity contribution in [3.63, 3.8) is 0 Å². The standard InChI is InChI=1S/C16H16O4/c1-20-15-8-13(18)14(19)9-16(15)6-2-3-10-7-11(17)4-5-12(10)16/h4-5,7-9,17,19H,2-3,6H2,1H3. The number of aromatic hydroxyl groups is 1. The van der Waals surface area contributed by atoms with Crippen LogP contribution in [0.1, 0.15) is 24.0 Å². The second-order valence-corrected chi connectivity index (χ2v) is 5.27. The molecule has 0 saturated heterocycles. The van der Waals surface area contributed by atoms with Gasteiger partial charge in [0.1, 0.15) is 11.5 Å². The molecular weight excluding hydrogens is 256 g/mol. The molecule has 20 heavy (non-hydrogen) atoms. The summed E-state index contributed by atoms with van der Waals surface area (Å²) in [7, 11) is 1.53. The van der Waals surface area contributed by atoms with Gasteiger partial charge >= 0.3 is 0 Å². The lowest BCUT2D eigenvalue weighted by atomic mass is 9.66. The molecule has 0 bridgehead atoms. The molecule has 0 aliphatic heterocycles. The first-order chi connectivity index (χ1) is 9.56. The number of aryl methyl sites for hydroxylation is 1. The number of rotatable bonds is 1. The number of ether oxygens (including phenoxy) is 1. The molecule has 104 valence electrons. The number of phenols is 1. The maximum atomic E-state index is 11.6. The number of hydrogen-bond acceptors (Lipinski definition) is 4. The number of allylic oxidation sites excluding steroid dienone is 2. The SMILES string of the molecule is COC1=CC(=O)C(O)=CC12CCCc1cc(O)ccc12. The van der Waals surface area contributed by atoms with E-state index in [1.165, 1.54) is 13.2 Å². The summed E-state index contributed by atoms with van der Waals surface area (Å²) in [6.45, 7) is 0. The molecule has 0 amide bonds. The fraction of sp³-hybridized carbons (Fsp3) is 0.312. The van der Waals surface area contributed by atoms with Gasteiger partial charge in [-0.15, -0.1) is 0 Å². The van der Waals surface area contributed by atoms with E-state index in [2.05, 4.69) is 0 Å². The zero-order valence-electron chi connectivity index (χ0n) is 11.2. The van der Waals surface area contributed by atoms with Gasteiger partial charge in [0.15, 0.2) is 5.76 Å². The lowest BCUT2D eigenvalue weighted by molar-refractivity contribution is -0.114. The fourth-order valence-corrected chi connectivity index (χ4v) is 3.26. The normalized spacial score (nSPS) is 24.9. The monoisotopic (exact) mass is 272 g/mol. The van der Waals surface area contributed by atoms with Crippen molar-refractivity contribution in [1.82, 2.24) is 0 Å². The number of fused-ring (bicyclic) bond motifs is 2. The molecule has 2 aliphatic rings.